The lowest BCUT2D eigenvalue weighted by atomic mass is 10.0. The van der Waals surface area contributed by atoms with Gasteiger partial charge in [-0.3, -0.25) is 14.4 Å². The molecule has 0 aromatic carbocycles. The van der Waals surface area contributed by atoms with Crippen molar-refractivity contribution in [2.75, 3.05) is 13.2 Å². The van der Waals surface area contributed by atoms with E-state index in [0.717, 1.165) is 69.6 Å². The summed E-state index contributed by atoms with van der Waals surface area (Å²) < 4.78 is 16.7. The number of hydrogen-bond acceptors (Lipinski definition) is 6. The number of ether oxygens (including phenoxy) is 3. The molecule has 0 aliphatic carbocycles. The zero-order valence-corrected chi connectivity index (χ0v) is 37.6. The van der Waals surface area contributed by atoms with Crippen LogP contribution >= 0.6 is 0 Å². The second-order valence-corrected chi connectivity index (χ2v) is 17.7. The molecule has 6 heteroatoms. The second kappa shape index (κ2) is 42.0. The summed E-state index contributed by atoms with van der Waals surface area (Å²) in [5, 5.41) is 0. The predicted octanol–water partition coefficient (Wildman–Crippen LogP) is 15.4. The predicted molar refractivity (Wildman–Crippen MR) is 233 cm³/mol. The molecule has 0 fully saturated rings. The molecule has 0 rings (SSSR count). The molecule has 0 unspecified atom stereocenters. The van der Waals surface area contributed by atoms with Gasteiger partial charge < -0.3 is 14.2 Å². The minimum Gasteiger partial charge on any atom is -0.462 e. The first-order valence-corrected chi connectivity index (χ1v) is 24.2. The van der Waals surface area contributed by atoms with Crippen LogP contribution in [0.2, 0.25) is 0 Å². The zero-order chi connectivity index (χ0) is 40.5. The lowest BCUT2D eigenvalue weighted by Gasteiger charge is -2.18. The lowest BCUT2D eigenvalue weighted by molar-refractivity contribution is -0.167. The van der Waals surface area contributed by atoms with E-state index in [2.05, 4.69) is 34.6 Å². The third-order valence-corrected chi connectivity index (χ3v) is 11.0. The topological polar surface area (TPSA) is 78.9 Å². The van der Waals surface area contributed by atoms with Crippen LogP contribution in [0.4, 0.5) is 0 Å². The van der Waals surface area contributed by atoms with Crippen molar-refractivity contribution in [1.29, 1.82) is 0 Å². The highest BCUT2D eigenvalue weighted by Crippen LogP contribution is 2.17. The van der Waals surface area contributed by atoms with E-state index in [1.165, 1.54) is 154 Å². The smallest absolute Gasteiger partial charge is 0.306 e. The highest BCUT2D eigenvalue weighted by molar-refractivity contribution is 5.71. The summed E-state index contributed by atoms with van der Waals surface area (Å²) in [6.45, 7) is 11.3. The van der Waals surface area contributed by atoms with Crippen LogP contribution < -0.4 is 0 Å². The van der Waals surface area contributed by atoms with Crippen LogP contribution in [0.3, 0.4) is 0 Å². The van der Waals surface area contributed by atoms with Crippen molar-refractivity contribution in [3.63, 3.8) is 0 Å². The fourth-order valence-electron chi connectivity index (χ4n) is 7.28. The summed E-state index contributed by atoms with van der Waals surface area (Å²) in [6.07, 6.45) is 41.1. The van der Waals surface area contributed by atoms with Crippen molar-refractivity contribution < 1.29 is 28.6 Å². The Morgan fingerprint density at radius 1 is 0.345 bits per heavy atom. The molecule has 0 aromatic heterocycles. The number of carbonyl (C=O) groups is 3. The van der Waals surface area contributed by atoms with E-state index >= 15 is 0 Å². The van der Waals surface area contributed by atoms with Crippen LogP contribution in [0, 0.1) is 11.8 Å². The van der Waals surface area contributed by atoms with Crippen molar-refractivity contribution in [2.24, 2.45) is 11.8 Å². The summed E-state index contributed by atoms with van der Waals surface area (Å²) in [6, 6.07) is 0. The van der Waals surface area contributed by atoms with E-state index in [9.17, 15) is 14.4 Å². The number of esters is 3. The quantitative estimate of drug-likeness (QED) is 0.0348. The maximum atomic E-state index is 12.7. The van der Waals surface area contributed by atoms with Gasteiger partial charge in [-0.15, -0.1) is 0 Å². The van der Waals surface area contributed by atoms with E-state index < -0.39 is 6.10 Å². The molecule has 6 nitrogen and oxygen atoms in total. The van der Waals surface area contributed by atoms with Crippen LogP contribution in [-0.4, -0.2) is 37.2 Å². The average molecular weight is 779 g/mol. The molecule has 0 amide bonds. The minimum absolute atomic E-state index is 0.0656. The van der Waals surface area contributed by atoms with E-state index in [1.807, 2.05) is 0 Å². The Hall–Kier alpha value is -1.59. The van der Waals surface area contributed by atoms with Crippen molar-refractivity contribution in [1.82, 2.24) is 0 Å². The van der Waals surface area contributed by atoms with Crippen molar-refractivity contribution in [3.8, 4) is 0 Å². The minimum atomic E-state index is -0.761. The van der Waals surface area contributed by atoms with Crippen molar-refractivity contribution in [3.05, 3.63) is 0 Å². The molecule has 1 atom stereocenters. The first kappa shape index (κ1) is 53.4. The second-order valence-electron chi connectivity index (χ2n) is 17.7. The van der Waals surface area contributed by atoms with Gasteiger partial charge in [0.05, 0.1) is 0 Å². The van der Waals surface area contributed by atoms with Crippen LogP contribution in [0.15, 0.2) is 0 Å². The summed E-state index contributed by atoms with van der Waals surface area (Å²) in [5.41, 5.74) is 0. The fourth-order valence-corrected chi connectivity index (χ4v) is 7.28. The largest absolute Gasteiger partial charge is 0.462 e. The average Bonchev–Trinajstić information content (AvgIpc) is 3.15. The maximum Gasteiger partial charge on any atom is 0.306 e. The number of rotatable bonds is 43. The van der Waals surface area contributed by atoms with Crippen molar-refractivity contribution >= 4 is 17.9 Å². The first-order chi connectivity index (χ1) is 26.7. The monoisotopic (exact) mass is 779 g/mol. The molecule has 0 radical (unpaired) electrons. The standard InChI is InChI=1S/C49H94O6/c1-6-7-8-9-10-11-12-13-14-15-16-17-18-19-23-29-34-39-47(50)53-42-46(55-49(52)41-36-31-26-25-28-33-38-45(4)5)43-54-48(51)40-35-30-24-21-20-22-27-32-37-44(2)3/h44-46H,6-43H2,1-5H3/t46-/m1/s1. The number of carbonyl (C=O) groups excluding carboxylic acids is 3. The molecule has 0 spiro atoms. The Balaban J connectivity index is 4.24. The molecule has 0 saturated carbocycles. The van der Waals surface area contributed by atoms with E-state index in [0.29, 0.717) is 19.3 Å². The summed E-state index contributed by atoms with van der Waals surface area (Å²) in [5.74, 6) is 0.695. The summed E-state index contributed by atoms with van der Waals surface area (Å²) in [4.78, 5) is 37.7. The molecule has 0 bridgehead atoms. The third kappa shape index (κ3) is 43.4. The maximum absolute atomic E-state index is 12.7. The number of hydrogen-bond donors (Lipinski definition) is 0. The molecule has 0 N–H and O–H groups in total. The zero-order valence-electron chi connectivity index (χ0n) is 37.6. The highest BCUT2D eigenvalue weighted by atomic mass is 16.6. The fraction of sp³-hybridized carbons (Fsp3) is 0.939. The van der Waals surface area contributed by atoms with Crippen LogP contribution in [0.1, 0.15) is 266 Å². The molecule has 0 heterocycles. The van der Waals surface area contributed by atoms with Crippen LogP contribution in [-0.2, 0) is 28.6 Å². The van der Waals surface area contributed by atoms with Gasteiger partial charge in [0.25, 0.3) is 0 Å². The van der Waals surface area contributed by atoms with Gasteiger partial charge >= 0.3 is 17.9 Å². The van der Waals surface area contributed by atoms with Gasteiger partial charge in [0, 0.05) is 19.3 Å². The van der Waals surface area contributed by atoms with Crippen LogP contribution in [0.5, 0.6) is 0 Å². The third-order valence-electron chi connectivity index (χ3n) is 11.0. The molecule has 326 valence electrons. The van der Waals surface area contributed by atoms with Gasteiger partial charge in [0.2, 0.25) is 0 Å². The lowest BCUT2D eigenvalue weighted by Crippen LogP contribution is -2.30. The van der Waals surface area contributed by atoms with Crippen molar-refractivity contribution in [2.45, 2.75) is 272 Å². The Kier molecular flexibility index (Phi) is 40.8. The SMILES string of the molecule is CCCCCCCCCCCCCCCCCCCC(=O)OC[C@H](COC(=O)CCCCCCCCCCC(C)C)OC(=O)CCCCCCCCC(C)C. The summed E-state index contributed by atoms with van der Waals surface area (Å²) in [7, 11) is 0. The Labute approximate surface area is 342 Å². The number of unbranched alkanes of at least 4 members (excludes halogenated alkanes) is 28. The molecule has 0 aromatic rings. The summed E-state index contributed by atoms with van der Waals surface area (Å²) >= 11 is 0. The normalized spacial score (nSPS) is 12.1. The molecule has 0 aliphatic rings. The van der Waals surface area contributed by atoms with E-state index in [1.54, 1.807) is 0 Å². The van der Waals surface area contributed by atoms with Gasteiger partial charge in [-0.25, -0.2) is 0 Å². The first-order valence-electron chi connectivity index (χ1n) is 24.2. The molecule has 0 saturated heterocycles. The molecular weight excluding hydrogens is 685 g/mol. The van der Waals surface area contributed by atoms with Gasteiger partial charge in [-0.1, -0.05) is 227 Å². The molecule has 0 aliphatic heterocycles. The molecule has 55 heavy (non-hydrogen) atoms. The Bertz CT molecular complexity index is 839. The Morgan fingerprint density at radius 3 is 0.891 bits per heavy atom. The molecular formula is C49H94O6. The van der Waals surface area contributed by atoms with Crippen LogP contribution in [0.25, 0.3) is 0 Å². The van der Waals surface area contributed by atoms with E-state index in [4.69, 9.17) is 14.2 Å². The van der Waals surface area contributed by atoms with Gasteiger partial charge in [0.1, 0.15) is 13.2 Å². The highest BCUT2D eigenvalue weighted by Gasteiger charge is 2.19. The van der Waals surface area contributed by atoms with Gasteiger partial charge in [-0.05, 0) is 31.1 Å². The van der Waals surface area contributed by atoms with Gasteiger partial charge in [0.15, 0.2) is 6.10 Å². The Morgan fingerprint density at radius 2 is 0.600 bits per heavy atom. The van der Waals surface area contributed by atoms with E-state index in [-0.39, 0.29) is 31.1 Å². The van der Waals surface area contributed by atoms with Gasteiger partial charge in [-0.2, -0.15) is 0 Å².